The molecule has 1 fully saturated rings. The first-order chi connectivity index (χ1) is 15.1. The van der Waals surface area contributed by atoms with Crippen LogP contribution in [0, 0.1) is 0 Å². The van der Waals surface area contributed by atoms with Gasteiger partial charge >= 0.3 is 12.1 Å². The molecule has 14 heteroatoms. The maximum absolute atomic E-state index is 12.8. The average molecular weight is 485 g/mol. The summed E-state index contributed by atoms with van der Waals surface area (Å²) in [5, 5.41) is 24.6. The molecule has 32 heavy (non-hydrogen) atoms. The second-order valence-electron chi connectivity index (χ2n) is 6.51. The van der Waals surface area contributed by atoms with Crippen molar-refractivity contribution in [2.45, 2.75) is 11.4 Å². The molecule has 0 bridgehead atoms. The van der Waals surface area contributed by atoms with Gasteiger partial charge in [-0.05, 0) is 18.2 Å². The normalized spacial score (nSPS) is 20.2. The van der Waals surface area contributed by atoms with E-state index in [4.69, 9.17) is 22.2 Å². The van der Waals surface area contributed by atoms with Crippen LogP contribution in [-0.4, -0.2) is 75.6 Å². The van der Waals surface area contributed by atoms with Gasteiger partial charge in [0.2, 0.25) is 0 Å². The number of carboxylic acid groups (broad SMARTS) is 1. The summed E-state index contributed by atoms with van der Waals surface area (Å²) in [4.78, 5) is 53.8. The molecule has 5 N–H and O–H groups in total. The second kappa shape index (κ2) is 9.36. The quantitative estimate of drug-likeness (QED) is 0.239. The Morgan fingerprint density at radius 2 is 2.12 bits per heavy atom. The fourth-order valence-electron chi connectivity index (χ4n) is 3.13. The van der Waals surface area contributed by atoms with Crippen LogP contribution in [0.25, 0.3) is 0 Å². The summed E-state index contributed by atoms with van der Waals surface area (Å²) >= 11 is 7.07. The molecular weight excluding hydrogens is 468 g/mol. The number of amides is 3. The highest BCUT2D eigenvalue weighted by Gasteiger charge is 2.54. The summed E-state index contributed by atoms with van der Waals surface area (Å²) in [7, 11) is 1.22. The van der Waals surface area contributed by atoms with E-state index in [0.29, 0.717) is 0 Å². The Morgan fingerprint density at radius 3 is 2.72 bits per heavy atom. The third kappa shape index (κ3) is 4.43. The number of phenols is 1. The van der Waals surface area contributed by atoms with Crippen LogP contribution in [0.2, 0.25) is 5.02 Å². The molecule has 0 saturated carbocycles. The van der Waals surface area contributed by atoms with Crippen molar-refractivity contribution in [3.05, 3.63) is 40.1 Å². The highest BCUT2D eigenvalue weighted by Crippen LogP contribution is 2.40. The predicted octanol–water partition coefficient (Wildman–Crippen LogP) is 0.230. The molecule has 12 nitrogen and oxygen atoms in total. The van der Waals surface area contributed by atoms with E-state index in [2.05, 4.69) is 15.2 Å². The van der Waals surface area contributed by atoms with Gasteiger partial charge < -0.3 is 30.8 Å². The van der Waals surface area contributed by atoms with Gasteiger partial charge in [-0.25, -0.2) is 9.59 Å². The number of aliphatic carboxylic acids is 1. The number of nitrogens with two attached hydrogens (primary N) is 1. The van der Waals surface area contributed by atoms with E-state index in [0.717, 1.165) is 4.90 Å². The zero-order chi connectivity index (χ0) is 23.6. The van der Waals surface area contributed by atoms with Crippen molar-refractivity contribution in [1.29, 1.82) is 0 Å². The smallest absolute Gasteiger partial charge is 0.404 e. The summed E-state index contributed by atoms with van der Waals surface area (Å²) in [6.07, 6.45) is -1.08. The number of hydrogen-bond donors (Lipinski definition) is 4. The number of primary amides is 1. The van der Waals surface area contributed by atoms with Gasteiger partial charge in [-0.3, -0.25) is 14.5 Å². The topological polar surface area (TPSA) is 181 Å². The Bertz CT molecular complexity index is 1060. The Labute approximate surface area is 189 Å². The van der Waals surface area contributed by atoms with Crippen molar-refractivity contribution in [2.24, 2.45) is 10.9 Å². The van der Waals surface area contributed by atoms with Crippen molar-refractivity contribution in [1.82, 2.24) is 10.2 Å². The lowest BCUT2D eigenvalue weighted by molar-refractivity contribution is -0.150. The first kappa shape index (κ1) is 23.2. The van der Waals surface area contributed by atoms with Gasteiger partial charge in [0.25, 0.3) is 11.8 Å². The van der Waals surface area contributed by atoms with Gasteiger partial charge in [-0.1, -0.05) is 16.8 Å². The van der Waals surface area contributed by atoms with Crippen LogP contribution >= 0.6 is 23.4 Å². The van der Waals surface area contributed by atoms with Gasteiger partial charge in [0.05, 0.1) is 5.02 Å². The SMILES string of the molecule is CO/N=C(/C(=O)NC1C(=O)N2C(C(=O)O)=C(COC(N)=O)CS[C@H]12)c1ccc(O)c(Cl)c1. The number of halogens is 1. The molecule has 3 amide bonds. The monoisotopic (exact) mass is 484 g/mol. The molecule has 0 aliphatic carbocycles. The summed E-state index contributed by atoms with van der Waals surface area (Å²) in [6.45, 7) is -0.371. The van der Waals surface area contributed by atoms with Crippen molar-refractivity contribution in [3.8, 4) is 5.75 Å². The number of nitrogens with zero attached hydrogens (tertiary/aromatic N) is 2. The fraction of sp³-hybridized carbons (Fsp3) is 0.278. The summed E-state index contributed by atoms with van der Waals surface area (Å²) in [6, 6.07) is 2.92. The molecule has 2 aliphatic heterocycles. The Kier molecular flexibility index (Phi) is 6.79. The fourth-order valence-corrected chi connectivity index (χ4v) is 4.64. The third-order valence-electron chi connectivity index (χ3n) is 4.54. The van der Waals surface area contributed by atoms with E-state index in [1.807, 2.05) is 0 Å². The molecule has 0 spiro atoms. The molecule has 3 rings (SSSR count). The first-order valence-electron chi connectivity index (χ1n) is 8.88. The zero-order valence-corrected chi connectivity index (χ0v) is 18.0. The molecule has 170 valence electrons. The third-order valence-corrected chi connectivity index (χ3v) is 6.19. The number of carbonyl (C=O) groups is 4. The lowest BCUT2D eigenvalue weighted by Crippen LogP contribution is -2.71. The van der Waals surface area contributed by atoms with Gasteiger partial charge in [-0.2, -0.15) is 0 Å². The number of rotatable bonds is 7. The number of β-lactam (4-membered cyclic amide) rings is 1. The maximum atomic E-state index is 12.8. The van der Waals surface area contributed by atoms with Crippen molar-refractivity contribution >= 4 is 53.0 Å². The number of oxime groups is 1. The number of aromatic hydroxyl groups is 1. The summed E-state index contributed by atoms with van der Waals surface area (Å²) < 4.78 is 4.66. The van der Waals surface area contributed by atoms with E-state index in [9.17, 15) is 29.4 Å². The van der Waals surface area contributed by atoms with Crippen molar-refractivity contribution < 1.29 is 39.0 Å². The Balaban J connectivity index is 1.79. The summed E-state index contributed by atoms with van der Waals surface area (Å²) in [5.41, 5.74) is 4.83. The number of benzene rings is 1. The predicted molar refractivity (Wildman–Crippen MR) is 112 cm³/mol. The minimum Gasteiger partial charge on any atom is -0.506 e. The minimum absolute atomic E-state index is 0.0187. The van der Waals surface area contributed by atoms with Gasteiger partial charge in [-0.15, -0.1) is 11.8 Å². The molecule has 2 atom stereocenters. The van der Waals surface area contributed by atoms with Crippen LogP contribution in [-0.2, 0) is 24.0 Å². The average Bonchev–Trinajstić information content (AvgIpc) is 2.75. The van der Waals surface area contributed by atoms with Gasteiger partial charge in [0, 0.05) is 16.9 Å². The largest absolute Gasteiger partial charge is 0.506 e. The molecule has 0 aromatic heterocycles. The Hall–Kier alpha value is -3.45. The van der Waals surface area contributed by atoms with E-state index in [1.165, 1.54) is 37.1 Å². The molecule has 1 unspecified atom stereocenters. The maximum Gasteiger partial charge on any atom is 0.404 e. The van der Waals surface area contributed by atoms with E-state index in [-0.39, 0.29) is 45.7 Å². The lowest BCUT2D eigenvalue weighted by Gasteiger charge is -2.49. The van der Waals surface area contributed by atoms with Crippen LogP contribution in [0.5, 0.6) is 5.75 Å². The van der Waals surface area contributed by atoms with E-state index >= 15 is 0 Å². The van der Waals surface area contributed by atoms with Gasteiger partial charge in [0.15, 0.2) is 5.71 Å². The zero-order valence-electron chi connectivity index (χ0n) is 16.4. The van der Waals surface area contributed by atoms with Crippen LogP contribution < -0.4 is 11.1 Å². The number of hydrogen-bond acceptors (Lipinski definition) is 9. The van der Waals surface area contributed by atoms with Crippen molar-refractivity contribution in [2.75, 3.05) is 19.5 Å². The second-order valence-corrected chi connectivity index (χ2v) is 8.03. The van der Waals surface area contributed by atoms with Crippen LogP contribution in [0.1, 0.15) is 5.56 Å². The Morgan fingerprint density at radius 1 is 1.41 bits per heavy atom. The number of ether oxygens (including phenoxy) is 1. The van der Waals surface area contributed by atoms with Crippen LogP contribution in [0.3, 0.4) is 0 Å². The number of carboxylic acids is 1. The molecular formula is C18H17ClN4O8S. The van der Waals surface area contributed by atoms with Crippen molar-refractivity contribution in [3.63, 3.8) is 0 Å². The number of thioether (sulfide) groups is 1. The van der Waals surface area contributed by atoms with Crippen LogP contribution in [0.15, 0.2) is 34.6 Å². The number of nitrogens with one attached hydrogen (secondary N) is 1. The molecule has 1 aromatic carbocycles. The molecule has 2 heterocycles. The molecule has 0 radical (unpaired) electrons. The molecule has 2 aliphatic rings. The first-order valence-corrected chi connectivity index (χ1v) is 10.3. The molecule has 1 aromatic rings. The highest BCUT2D eigenvalue weighted by atomic mass is 35.5. The van der Waals surface area contributed by atoms with E-state index < -0.39 is 35.3 Å². The standard InChI is InChI=1S/C18H17ClN4O8S/c1-30-22-11(7-2-3-10(24)9(19)4-7)14(25)21-12-15(26)23-13(17(27)28)8(5-31-18(20)29)6-32-16(12)23/h2-4,12,16,24H,5-6H2,1H3,(H2,20,29)(H,21,25)(H,27,28)/b22-11+/t12?,16-/m1/s1. The highest BCUT2D eigenvalue weighted by molar-refractivity contribution is 8.00. The number of carbonyl (C=O) groups excluding carboxylic acids is 3. The molecule has 1 saturated heterocycles. The number of fused-ring (bicyclic) bond motifs is 1. The van der Waals surface area contributed by atoms with Gasteiger partial charge in [0.1, 0.15) is 36.6 Å². The summed E-state index contributed by atoms with van der Waals surface area (Å²) in [5.74, 6) is -2.86. The van der Waals surface area contributed by atoms with E-state index in [1.54, 1.807) is 0 Å². The number of phenolic OH excluding ortho intramolecular Hbond substituents is 1. The minimum atomic E-state index is -1.38. The van der Waals surface area contributed by atoms with Crippen LogP contribution in [0.4, 0.5) is 4.79 Å². The lowest BCUT2D eigenvalue weighted by atomic mass is 10.0.